The number of nitrogens with two attached hydrogens (primary N) is 1. The van der Waals surface area contributed by atoms with Crippen molar-refractivity contribution >= 4 is 30.0 Å². The van der Waals surface area contributed by atoms with E-state index in [1.165, 1.54) is 7.11 Å². The fraction of sp³-hybridized carbons (Fsp3) is 0.500. The summed E-state index contributed by atoms with van der Waals surface area (Å²) in [7, 11) is 1.36. The van der Waals surface area contributed by atoms with Crippen molar-refractivity contribution in [3.63, 3.8) is 0 Å². The number of nitrogens with one attached hydrogen (secondary N) is 1. The Morgan fingerprint density at radius 3 is 2.50 bits per heavy atom. The van der Waals surface area contributed by atoms with Crippen LogP contribution in [0.15, 0.2) is 24.3 Å². The standard InChI is InChI=1S/C16H22N2O3.ClH/c1-11-6-8-16(9-7-11,15(20)21-2)18-14(19)12-4-3-5-13(17)10-12;/h3-5,10-11H,6-9,17H2,1-2H3,(H,18,19);1H. The maximum Gasteiger partial charge on any atom is 0.331 e. The van der Waals surface area contributed by atoms with Gasteiger partial charge in [0.1, 0.15) is 5.54 Å². The highest BCUT2D eigenvalue weighted by atomic mass is 35.5. The van der Waals surface area contributed by atoms with Gasteiger partial charge in [0.15, 0.2) is 0 Å². The van der Waals surface area contributed by atoms with Crippen LogP contribution in [0.25, 0.3) is 0 Å². The lowest BCUT2D eigenvalue weighted by Crippen LogP contribution is -2.56. The SMILES string of the molecule is COC(=O)C1(NC(=O)c2cccc(N)c2)CCC(C)CC1.Cl. The van der Waals surface area contributed by atoms with Crippen molar-refractivity contribution in [2.24, 2.45) is 5.92 Å². The smallest absolute Gasteiger partial charge is 0.331 e. The number of rotatable bonds is 3. The van der Waals surface area contributed by atoms with E-state index in [0.29, 0.717) is 30.0 Å². The predicted octanol–water partition coefficient (Wildman–Crippen LogP) is 2.54. The van der Waals surface area contributed by atoms with Gasteiger partial charge in [0.25, 0.3) is 5.91 Å². The maximum absolute atomic E-state index is 12.4. The minimum Gasteiger partial charge on any atom is -0.467 e. The van der Waals surface area contributed by atoms with Gasteiger partial charge in [0, 0.05) is 11.3 Å². The van der Waals surface area contributed by atoms with Crippen LogP contribution in [0.1, 0.15) is 43.0 Å². The van der Waals surface area contributed by atoms with Crippen LogP contribution >= 0.6 is 12.4 Å². The van der Waals surface area contributed by atoms with Gasteiger partial charge >= 0.3 is 5.97 Å². The molecular weight excluding hydrogens is 304 g/mol. The number of benzene rings is 1. The van der Waals surface area contributed by atoms with Crippen molar-refractivity contribution in [2.45, 2.75) is 38.1 Å². The van der Waals surface area contributed by atoms with E-state index in [2.05, 4.69) is 12.2 Å². The topological polar surface area (TPSA) is 81.4 Å². The maximum atomic E-state index is 12.4. The summed E-state index contributed by atoms with van der Waals surface area (Å²) >= 11 is 0. The van der Waals surface area contributed by atoms with Crippen molar-refractivity contribution in [1.82, 2.24) is 5.32 Å². The summed E-state index contributed by atoms with van der Waals surface area (Å²) in [6.45, 7) is 2.15. The molecule has 1 amide bonds. The second kappa shape index (κ2) is 7.49. The summed E-state index contributed by atoms with van der Waals surface area (Å²) in [5.41, 5.74) is 5.76. The lowest BCUT2D eigenvalue weighted by atomic mass is 9.77. The molecule has 0 aromatic heterocycles. The highest BCUT2D eigenvalue weighted by Gasteiger charge is 2.43. The molecule has 1 aromatic carbocycles. The largest absolute Gasteiger partial charge is 0.467 e. The van der Waals surface area contributed by atoms with E-state index < -0.39 is 5.54 Å². The van der Waals surface area contributed by atoms with Crippen LogP contribution in [0, 0.1) is 5.92 Å². The third-order valence-corrected chi connectivity index (χ3v) is 4.21. The summed E-state index contributed by atoms with van der Waals surface area (Å²) in [6.07, 6.45) is 3.00. The van der Waals surface area contributed by atoms with Crippen LogP contribution in [0.5, 0.6) is 0 Å². The Bertz CT molecular complexity index is 540. The highest BCUT2D eigenvalue weighted by Crippen LogP contribution is 2.33. The molecule has 0 heterocycles. The zero-order chi connectivity index (χ0) is 15.5. The molecule has 0 unspecified atom stereocenters. The Kier molecular flexibility index (Phi) is 6.23. The molecule has 1 saturated carbocycles. The summed E-state index contributed by atoms with van der Waals surface area (Å²) in [4.78, 5) is 24.6. The number of methoxy groups -OCH3 is 1. The van der Waals surface area contributed by atoms with Gasteiger partial charge in [-0.25, -0.2) is 4.79 Å². The summed E-state index contributed by atoms with van der Waals surface area (Å²) in [5, 5.41) is 2.88. The lowest BCUT2D eigenvalue weighted by Gasteiger charge is -2.37. The van der Waals surface area contributed by atoms with Crippen LogP contribution in [0.4, 0.5) is 5.69 Å². The van der Waals surface area contributed by atoms with Crippen LogP contribution < -0.4 is 11.1 Å². The number of esters is 1. The monoisotopic (exact) mass is 326 g/mol. The molecular formula is C16H23ClN2O3. The number of carbonyl (C=O) groups is 2. The first-order valence-corrected chi connectivity index (χ1v) is 7.23. The van der Waals surface area contributed by atoms with Crippen LogP contribution in [0.2, 0.25) is 0 Å². The second-order valence-corrected chi connectivity index (χ2v) is 5.84. The van der Waals surface area contributed by atoms with Crippen molar-refractivity contribution in [2.75, 3.05) is 12.8 Å². The number of carbonyl (C=O) groups excluding carboxylic acids is 2. The molecule has 1 aromatic rings. The fourth-order valence-corrected chi connectivity index (χ4v) is 2.80. The van der Waals surface area contributed by atoms with Crippen LogP contribution in [0.3, 0.4) is 0 Å². The molecule has 22 heavy (non-hydrogen) atoms. The van der Waals surface area contributed by atoms with Gasteiger partial charge in [-0.05, 0) is 49.8 Å². The Hall–Kier alpha value is -1.75. The summed E-state index contributed by atoms with van der Waals surface area (Å²) < 4.78 is 4.91. The molecule has 5 nitrogen and oxygen atoms in total. The van der Waals surface area contributed by atoms with E-state index in [9.17, 15) is 9.59 Å². The second-order valence-electron chi connectivity index (χ2n) is 5.84. The average molecular weight is 327 g/mol. The number of hydrogen-bond donors (Lipinski definition) is 2. The number of halogens is 1. The van der Waals surface area contributed by atoms with Gasteiger partial charge in [-0.15, -0.1) is 12.4 Å². The zero-order valence-electron chi connectivity index (χ0n) is 12.9. The molecule has 0 bridgehead atoms. The van der Waals surface area contributed by atoms with Gasteiger partial charge in [0.05, 0.1) is 7.11 Å². The lowest BCUT2D eigenvalue weighted by molar-refractivity contribution is -0.150. The van der Waals surface area contributed by atoms with Crippen molar-refractivity contribution in [3.05, 3.63) is 29.8 Å². The molecule has 0 atom stereocenters. The quantitative estimate of drug-likeness (QED) is 0.660. The summed E-state index contributed by atoms with van der Waals surface area (Å²) in [5.74, 6) is -0.0963. The summed E-state index contributed by atoms with van der Waals surface area (Å²) in [6, 6.07) is 6.72. The Morgan fingerprint density at radius 1 is 1.32 bits per heavy atom. The number of hydrogen-bond acceptors (Lipinski definition) is 4. The predicted molar refractivity (Wildman–Crippen MR) is 87.9 cm³/mol. The molecule has 2 rings (SSSR count). The minimum atomic E-state index is -0.914. The van der Waals surface area contributed by atoms with Crippen molar-refractivity contribution in [1.29, 1.82) is 0 Å². The number of nitrogen functional groups attached to an aromatic ring is 1. The Morgan fingerprint density at radius 2 is 1.95 bits per heavy atom. The van der Waals surface area contributed by atoms with E-state index in [-0.39, 0.29) is 24.3 Å². The highest BCUT2D eigenvalue weighted by molar-refractivity contribution is 5.98. The average Bonchev–Trinajstić information content (AvgIpc) is 2.49. The van der Waals surface area contributed by atoms with E-state index in [1.54, 1.807) is 24.3 Å². The number of amides is 1. The third kappa shape index (κ3) is 3.91. The van der Waals surface area contributed by atoms with Crippen molar-refractivity contribution in [3.8, 4) is 0 Å². The number of anilines is 1. The molecule has 0 radical (unpaired) electrons. The molecule has 0 saturated heterocycles. The van der Waals surface area contributed by atoms with Gasteiger partial charge in [-0.2, -0.15) is 0 Å². The molecule has 1 fully saturated rings. The van der Waals surface area contributed by atoms with Gasteiger partial charge in [-0.1, -0.05) is 13.0 Å². The minimum absolute atomic E-state index is 0. The van der Waals surface area contributed by atoms with Gasteiger partial charge in [0.2, 0.25) is 0 Å². The molecule has 0 spiro atoms. The van der Waals surface area contributed by atoms with E-state index in [4.69, 9.17) is 10.5 Å². The number of ether oxygens (including phenoxy) is 1. The normalized spacial score (nSPS) is 24.0. The Labute approximate surface area is 137 Å². The van der Waals surface area contributed by atoms with Crippen LogP contribution in [-0.2, 0) is 9.53 Å². The van der Waals surface area contributed by atoms with Gasteiger partial charge in [-0.3, -0.25) is 4.79 Å². The molecule has 1 aliphatic carbocycles. The third-order valence-electron chi connectivity index (χ3n) is 4.21. The first-order chi connectivity index (χ1) is 9.97. The molecule has 0 aliphatic heterocycles. The molecule has 122 valence electrons. The van der Waals surface area contributed by atoms with Crippen LogP contribution in [-0.4, -0.2) is 24.5 Å². The Balaban J connectivity index is 0.00000242. The van der Waals surface area contributed by atoms with E-state index >= 15 is 0 Å². The van der Waals surface area contributed by atoms with E-state index in [0.717, 1.165) is 12.8 Å². The zero-order valence-corrected chi connectivity index (χ0v) is 13.7. The molecule has 6 heteroatoms. The molecule has 1 aliphatic rings. The van der Waals surface area contributed by atoms with E-state index in [1.807, 2.05) is 0 Å². The van der Waals surface area contributed by atoms with Gasteiger partial charge < -0.3 is 15.8 Å². The first kappa shape index (κ1) is 18.3. The van der Waals surface area contributed by atoms with Crippen molar-refractivity contribution < 1.29 is 14.3 Å². The molecule has 3 N–H and O–H groups in total. The first-order valence-electron chi connectivity index (χ1n) is 7.23. The fourth-order valence-electron chi connectivity index (χ4n) is 2.80.